The molecule has 2 aliphatic heterocycles. The molecule has 2 atom stereocenters. The summed E-state index contributed by atoms with van der Waals surface area (Å²) in [5.41, 5.74) is 10.4. The highest BCUT2D eigenvalue weighted by molar-refractivity contribution is 5.86. The Kier molecular flexibility index (Phi) is 5.50. The quantitative estimate of drug-likeness (QED) is 0.347. The van der Waals surface area contributed by atoms with E-state index in [1.165, 1.54) is 12.0 Å². The van der Waals surface area contributed by atoms with Crippen LogP contribution in [0, 0.1) is 6.92 Å². The van der Waals surface area contributed by atoms with E-state index >= 15 is 0 Å². The number of hydrogen-bond donors (Lipinski definition) is 3. The van der Waals surface area contributed by atoms with Crippen molar-refractivity contribution in [1.29, 1.82) is 0 Å². The minimum Gasteiger partial charge on any atom is -0.496 e. The summed E-state index contributed by atoms with van der Waals surface area (Å²) >= 11 is 0. The summed E-state index contributed by atoms with van der Waals surface area (Å²) in [5.74, 6) is 2.38. The predicted molar refractivity (Wildman–Crippen MR) is 131 cm³/mol. The van der Waals surface area contributed by atoms with Crippen LogP contribution in [0.2, 0.25) is 0 Å². The SMILES string of the molecule is COc1cc(CN2C[C@@H]3C[C@H]2CN3)ccc1Cn1ncc2nc(N)nc(NCc3cc(C)on3)c21. The van der Waals surface area contributed by atoms with Crippen molar-refractivity contribution in [2.24, 2.45) is 0 Å². The van der Waals surface area contributed by atoms with Gasteiger partial charge in [-0.3, -0.25) is 9.58 Å². The Balaban J connectivity index is 1.25. The molecule has 11 nitrogen and oxygen atoms in total. The molecule has 182 valence electrons. The second kappa shape index (κ2) is 8.82. The fraction of sp³-hybridized carbons (Fsp3) is 0.417. The maximum absolute atomic E-state index is 5.95. The molecule has 2 saturated heterocycles. The second-order valence-corrected chi connectivity index (χ2v) is 9.32. The smallest absolute Gasteiger partial charge is 0.222 e. The van der Waals surface area contributed by atoms with E-state index in [-0.39, 0.29) is 5.95 Å². The lowest BCUT2D eigenvalue weighted by Gasteiger charge is -2.27. The number of anilines is 2. The summed E-state index contributed by atoms with van der Waals surface area (Å²) in [6, 6.07) is 9.60. The Labute approximate surface area is 202 Å². The fourth-order valence-corrected chi connectivity index (χ4v) is 5.19. The molecule has 0 spiro atoms. The number of hydrogen-bond acceptors (Lipinski definition) is 10. The molecule has 11 heteroatoms. The number of methoxy groups -OCH3 is 1. The zero-order valence-electron chi connectivity index (χ0n) is 19.9. The highest BCUT2D eigenvalue weighted by Gasteiger charge is 2.37. The Hall–Kier alpha value is -3.70. The number of rotatable bonds is 8. The van der Waals surface area contributed by atoms with Gasteiger partial charge in [0.25, 0.3) is 0 Å². The normalized spacial score (nSPS) is 19.6. The molecule has 6 rings (SSSR count). The maximum atomic E-state index is 5.95. The van der Waals surface area contributed by atoms with E-state index in [0.29, 0.717) is 36.5 Å². The average molecular weight is 476 g/mol. The highest BCUT2D eigenvalue weighted by Crippen LogP contribution is 2.29. The van der Waals surface area contributed by atoms with Gasteiger partial charge in [0, 0.05) is 43.3 Å². The molecule has 5 heterocycles. The van der Waals surface area contributed by atoms with Gasteiger partial charge in [0.1, 0.15) is 28.2 Å². The summed E-state index contributed by atoms with van der Waals surface area (Å²) in [4.78, 5) is 11.3. The lowest BCUT2D eigenvalue weighted by atomic mass is 10.1. The van der Waals surface area contributed by atoms with Gasteiger partial charge in [-0.05, 0) is 25.0 Å². The molecule has 2 fully saturated rings. The zero-order valence-corrected chi connectivity index (χ0v) is 19.9. The Morgan fingerprint density at radius 1 is 1.26 bits per heavy atom. The topological polar surface area (TPSA) is 132 Å². The van der Waals surface area contributed by atoms with Crippen LogP contribution in [0.1, 0.15) is 29.0 Å². The number of nitrogen functional groups attached to an aromatic ring is 1. The van der Waals surface area contributed by atoms with Gasteiger partial charge in [0.05, 0.1) is 26.4 Å². The predicted octanol–water partition coefficient (Wildman–Crippen LogP) is 1.92. The van der Waals surface area contributed by atoms with E-state index in [0.717, 1.165) is 47.9 Å². The van der Waals surface area contributed by atoms with Gasteiger partial charge in [-0.25, -0.2) is 4.98 Å². The third-order valence-electron chi connectivity index (χ3n) is 6.85. The van der Waals surface area contributed by atoms with E-state index in [1.54, 1.807) is 13.3 Å². The summed E-state index contributed by atoms with van der Waals surface area (Å²) in [7, 11) is 1.71. The number of piperazine rings is 1. The van der Waals surface area contributed by atoms with Gasteiger partial charge in [0.15, 0.2) is 5.82 Å². The highest BCUT2D eigenvalue weighted by atomic mass is 16.5. The van der Waals surface area contributed by atoms with Crippen molar-refractivity contribution in [2.75, 3.05) is 31.2 Å². The summed E-state index contributed by atoms with van der Waals surface area (Å²) in [6.45, 7) is 5.95. The van der Waals surface area contributed by atoms with Crippen LogP contribution in [0.4, 0.5) is 11.8 Å². The van der Waals surface area contributed by atoms with E-state index in [9.17, 15) is 0 Å². The van der Waals surface area contributed by atoms with E-state index in [2.05, 4.69) is 54.0 Å². The molecular formula is C24H29N9O2. The van der Waals surface area contributed by atoms with Crippen LogP contribution in [0.5, 0.6) is 5.75 Å². The molecule has 2 bridgehead atoms. The van der Waals surface area contributed by atoms with Crippen LogP contribution in [-0.4, -0.2) is 62.1 Å². The first-order valence-electron chi connectivity index (χ1n) is 11.8. The van der Waals surface area contributed by atoms with Gasteiger partial charge in [-0.15, -0.1) is 0 Å². The zero-order chi connectivity index (χ0) is 23.9. The van der Waals surface area contributed by atoms with Crippen molar-refractivity contribution >= 4 is 22.8 Å². The monoisotopic (exact) mass is 475 g/mol. The minimum atomic E-state index is 0.184. The van der Waals surface area contributed by atoms with Crippen molar-refractivity contribution < 1.29 is 9.26 Å². The lowest BCUT2D eigenvalue weighted by molar-refractivity contribution is 0.217. The van der Waals surface area contributed by atoms with Gasteiger partial charge >= 0.3 is 0 Å². The molecule has 1 aromatic carbocycles. The molecule has 0 aliphatic carbocycles. The number of benzene rings is 1. The van der Waals surface area contributed by atoms with Crippen LogP contribution in [0.25, 0.3) is 11.0 Å². The first kappa shape index (κ1) is 21.8. The number of ether oxygens (including phenoxy) is 1. The summed E-state index contributed by atoms with van der Waals surface area (Å²) < 4.78 is 12.8. The Morgan fingerprint density at radius 2 is 2.17 bits per heavy atom. The average Bonchev–Trinajstić information content (AvgIpc) is 3.64. The third kappa shape index (κ3) is 4.28. The van der Waals surface area contributed by atoms with Crippen LogP contribution >= 0.6 is 0 Å². The standard InChI is InChI=1S/C24H29N9O2/c1-14-5-17(31-35-14)8-27-23-22-20(29-24(25)30-23)10-28-33(22)12-16-4-3-15(6-21(16)34-2)11-32-13-18-7-19(32)9-26-18/h3-6,10,18-19,26H,7-9,11-13H2,1-2H3,(H3,25,27,29,30)/t18-,19-/m0/s1. The van der Waals surface area contributed by atoms with Gasteiger partial charge < -0.3 is 25.6 Å². The molecule has 0 unspecified atom stereocenters. The molecule has 0 radical (unpaired) electrons. The molecule has 0 saturated carbocycles. The lowest BCUT2D eigenvalue weighted by Crippen LogP contribution is -2.42. The van der Waals surface area contributed by atoms with Gasteiger partial charge in [0.2, 0.25) is 5.95 Å². The van der Waals surface area contributed by atoms with Crippen LogP contribution in [0.15, 0.2) is 35.0 Å². The number of aryl methyl sites for hydroxylation is 1. The number of nitrogens with zero attached hydrogens (tertiary/aromatic N) is 6. The van der Waals surface area contributed by atoms with Crippen molar-refractivity contribution in [3.05, 3.63) is 53.0 Å². The van der Waals surface area contributed by atoms with Gasteiger partial charge in [-0.2, -0.15) is 10.1 Å². The maximum Gasteiger partial charge on any atom is 0.222 e. The fourth-order valence-electron chi connectivity index (χ4n) is 5.19. The molecular weight excluding hydrogens is 446 g/mol. The molecule has 4 aromatic rings. The van der Waals surface area contributed by atoms with E-state index < -0.39 is 0 Å². The number of nitrogens with one attached hydrogen (secondary N) is 2. The first-order chi connectivity index (χ1) is 17.1. The van der Waals surface area contributed by atoms with Crippen molar-refractivity contribution in [1.82, 2.24) is 35.1 Å². The minimum absolute atomic E-state index is 0.184. The molecule has 0 amide bonds. The number of nitrogens with two attached hydrogens (primary N) is 1. The van der Waals surface area contributed by atoms with Crippen molar-refractivity contribution in [3.8, 4) is 5.75 Å². The molecule has 35 heavy (non-hydrogen) atoms. The summed E-state index contributed by atoms with van der Waals surface area (Å²) in [6.07, 6.45) is 2.96. The van der Waals surface area contributed by atoms with Crippen LogP contribution in [0.3, 0.4) is 0 Å². The van der Waals surface area contributed by atoms with E-state index in [4.69, 9.17) is 15.0 Å². The first-order valence-corrected chi connectivity index (χ1v) is 11.8. The van der Waals surface area contributed by atoms with Crippen LogP contribution < -0.4 is 21.1 Å². The largest absolute Gasteiger partial charge is 0.496 e. The van der Waals surface area contributed by atoms with E-state index in [1.807, 2.05) is 17.7 Å². The number of likely N-dealkylation sites (tertiary alicyclic amines) is 1. The molecule has 2 aliphatic rings. The molecule has 4 N–H and O–H groups in total. The number of aromatic nitrogens is 5. The van der Waals surface area contributed by atoms with Gasteiger partial charge in [-0.1, -0.05) is 17.3 Å². The Bertz CT molecular complexity index is 1360. The summed E-state index contributed by atoms with van der Waals surface area (Å²) in [5, 5.41) is 15.5. The number of fused-ring (bicyclic) bond motifs is 3. The van der Waals surface area contributed by atoms with Crippen molar-refractivity contribution in [3.63, 3.8) is 0 Å². The van der Waals surface area contributed by atoms with Crippen LogP contribution in [-0.2, 0) is 19.6 Å². The van der Waals surface area contributed by atoms with Crippen molar-refractivity contribution in [2.45, 2.75) is 45.1 Å². The third-order valence-corrected chi connectivity index (χ3v) is 6.85. The Morgan fingerprint density at radius 3 is 2.91 bits per heavy atom. The molecule has 3 aromatic heterocycles. The second-order valence-electron chi connectivity index (χ2n) is 9.32.